The summed E-state index contributed by atoms with van der Waals surface area (Å²) in [6, 6.07) is 15.5. The van der Waals surface area contributed by atoms with Crippen LogP contribution < -0.4 is 5.32 Å². The van der Waals surface area contributed by atoms with Gasteiger partial charge in [0.25, 0.3) is 0 Å². The number of anilines is 1. The summed E-state index contributed by atoms with van der Waals surface area (Å²) in [7, 11) is 0. The molecule has 4 nitrogen and oxygen atoms in total. The first-order chi connectivity index (χ1) is 11.6. The second-order valence-corrected chi connectivity index (χ2v) is 5.55. The Morgan fingerprint density at radius 2 is 1.92 bits per heavy atom. The van der Waals surface area contributed by atoms with Crippen LogP contribution in [0.2, 0.25) is 0 Å². The number of carbonyl (C=O) groups is 1. The van der Waals surface area contributed by atoms with Gasteiger partial charge in [-0.3, -0.25) is 9.69 Å². The van der Waals surface area contributed by atoms with Crippen LogP contribution in [0.4, 0.5) is 10.1 Å². The van der Waals surface area contributed by atoms with Crippen molar-refractivity contribution in [1.82, 2.24) is 4.90 Å². The van der Waals surface area contributed by atoms with E-state index in [1.807, 2.05) is 24.0 Å². The number of hydrogen-bond acceptors (Lipinski definition) is 3. The Bertz CT molecular complexity index is 722. The lowest BCUT2D eigenvalue weighted by molar-refractivity contribution is -0.117. The number of benzene rings is 2. The number of nitrogens with zero attached hydrogens (tertiary/aromatic N) is 2. The third kappa shape index (κ3) is 5.18. The number of nitrogens with one attached hydrogen (secondary N) is 1. The molecule has 0 bridgehead atoms. The topological polar surface area (TPSA) is 56.1 Å². The fraction of sp³-hybridized carbons (Fsp3) is 0.263. The van der Waals surface area contributed by atoms with E-state index in [-0.39, 0.29) is 18.1 Å². The first kappa shape index (κ1) is 17.6. The molecule has 2 aromatic rings. The van der Waals surface area contributed by atoms with Crippen molar-refractivity contribution in [2.75, 3.05) is 18.4 Å². The molecule has 1 amide bonds. The highest BCUT2D eigenvalue weighted by molar-refractivity contribution is 5.92. The summed E-state index contributed by atoms with van der Waals surface area (Å²) < 4.78 is 13.6. The average molecular weight is 325 g/mol. The van der Waals surface area contributed by atoms with Gasteiger partial charge in [-0.15, -0.1) is 0 Å². The van der Waals surface area contributed by atoms with Crippen LogP contribution in [0.25, 0.3) is 0 Å². The summed E-state index contributed by atoms with van der Waals surface area (Å²) in [5, 5.41) is 11.4. The van der Waals surface area contributed by atoms with Crippen LogP contribution in [0.15, 0.2) is 48.5 Å². The molecule has 0 spiro atoms. The molecular formula is C19H20FN3O. The van der Waals surface area contributed by atoms with Crippen molar-refractivity contribution in [3.63, 3.8) is 0 Å². The van der Waals surface area contributed by atoms with Gasteiger partial charge in [-0.05, 0) is 42.8 Å². The van der Waals surface area contributed by atoms with E-state index in [0.717, 1.165) is 18.5 Å². The molecule has 2 rings (SSSR count). The van der Waals surface area contributed by atoms with Crippen LogP contribution in [0.5, 0.6) is 0 Å². The summed E-state index contributed by atoms with van der Waals surface area (Å²) in [6.45, 7) is 3.58. The smallest absolute Gasteiger partial charge is 0.238 e. The van der Waals surface area contributed by atoms with Crippen molar-refractivity contribution >= 4 is 11.6 Å². The van der Waals surface area contributed by atoms with Gasteiger partial charge in [0.2, 0.25) is 5.91 Å². The van der Waals surface area contributed by atoms with Crippen molar-refractivity contribution in [3.05, 3.63) is 65.5 Å². The Kier molecular flexibility index (Phi) is 6.47. The van der Waals surface area contributed by atoms with Gasteiger partial charge in [0.05, 0.1) is 23.9 Å². The van der Waals surface area contributed by atoms with E-state index in [9.17, 15) is 9.18 Å². The van der Waals surface area contributed by atoms with Crippen LogP contribution in [-0.2, 0) is 11.3 Å². The Labute approximate surface area is 141 Å². The molecule has 0 radical (unpaired) electrons. The SMILES string of the molecule is CCCN(CC(=O)Nc1ccccc1F)Cc1ccc(C#N)cc1. The predicted octanol–water partition coefficient (Wildman–Crippen LogP) is 3.55. The molecule has 0 atom stereocenters. The minimum Gasteiger partial charge on any atom is -0.322 e. The molecule has 0 aliphatic carbocycles. The quantitative estimate of drug-likeness (QED) is 0.847. The van der Waals surface area contributed by atoms with E-state index in [4.69, 9.17) is 5.26 Å². The maximum atomic E-state index is 13.6. The van der Waals surface area contributed by atoms with Gasteiger partial charge >= 0.3 is 0 Å². The second kappa shape index (κ2) is 8.80. The third-order valence-corrected chi connectivity index (χ3v) is 3.54. The number of amides is 1. The number of halogens is 1. The summed E-state index contributed by atoms with van der Waals surface area (Å²) in [6.07, 6.45) is 0.906. The zero-order valence-electron chi connectivity index (χ0n) is 13.6. The Balaban J connectivity index is 1.98. The highest BCUT2D eigenvalue weighted by Gasteiger charge is 2.12. The van der Waals surface area contributed by atoms with E-state index in [2.05, 4.69) is 11.4 Å². The Morgan fingerprint density at radius 3 is 2.54 bits per heavy atom. The molecule has 0 aromatic heterocycles. The maximum Gasteiger partial charge on any atom is 0.238 e. The lowest BCUT2D eigenvalue weighted by Gasteiger charge is -2.21. The fourth-order valence-corrected chi connectivity index (χ4v) is 2.43. The number of carbonyl (C=O) groups excluding carboxylic acids is 1. The Hall–Kier alpha value is -2.71. The fourth-order valence-electron chi connectivity index (χ4n) is 2.43. The van der Waals surface area contributed by atoms with E-state index < -0.39 is 5.82 Å². The maximum absolute atomic E-state index is 13.6. The van der Waals surface area contributed by atoms with Gasteiger partial charge in [0.1, 0.15) is 5.82 Å². The van der Waals surface area contributed by atoms with Crippen LogP contribution in [0.3, 0.4) is 0 Å². The molecule has 1 N–H and O–H groups in total. The number of para-hydroxylation sites is 1. The van der Waals surface area contributed by atoms with E-state index in [0.29, 0.717) is 12.1 Å². The zero-order valence-corrected chi connectivity index (χ0v) is 13.6. The lowest BCUT2D eigenvalue weighted by atomic mass is 10.1. The Morgan fingerprint density at radius 1 is 1.21 bits per heavy atom. The van der Waals surface area contributed by atoms with Gasteiger partial charge in [-0.25, -0.2) is 4.39 Å². The van der Waals surface area contributed by atoms with Crippen molar-refractivity contribution in [3.8, 4) is 6.07 Å². The van der Waals surface area contributed by atoms with Crippen molar-refractivity contribution in [1.29, 1.82) is 5.26 Å². The first-order valence-electron chi connectivity index (χ1n) is 7.88. The molecule has 24 heavy (non-hydrogen) atoms. The first-order valence-corrected chi connectivity index (χ1v) is 7.88. The average Bonchev–Trinajstić information content (AvgIpc) is 2.58. The molecule has 0 aliphatic rings. The molecule has 0 saturated heterocycles. The third-order valence-electron chi connectivity index (χ3n) is 3.54. The summed E-state index contributed by atoms with van der Waals surface area (Å²) in [4.78, 5) is 14.2. The van der Waals surface area contributed by atoms with Gasteiger partial charge in [-0.2, -0.15) is 5.26 Å². The molecule has 2 aromatic carbocycles. The lowest BCUT2D eigenvalue weighted by Crippen LogP contribution is -2.33. The predicted molar refractivity (Wildman–Crippen MR) is 91.8 cm³/mol. The monoisotopic (exact) mass is 325 g/mol. The minimum absolute atomic E-state index is 0.183. The molecule has 0 unspecified atom stereocenters. The largest absolute Gasteiger partial charge is 0.322 e. The molecule has 0 heterocycles. The van der Waals surface area contributed by atoms with Crippen LogP contribution in [0, 0.1) is 17.1 Å². The van der Waals surface area contributed by atoms with Crippen molar-refractivity contribution in [2.45, 2.75) is 19.9 Å². The number of hydrogen-bond donors (Lipinski definition) is 1. The zero-order chi connectivity index (χ0) is 17.4. The molecule has 0 aliphatic heterocycles. The number of nitriles is 1. The van der Waals surface area contributed by atoms with Crippen LogP contribution in [0.1, 0.15) is 24.5 Å². The van der Waals surface area contributed by atoms with E-state index >= 15 is 0 Å². The van der Waals surface area contributed by atoms with Gasteiger partial charge in [-0.1, -0.05) is 31.2 Å². The highest BCUT2D eigenvalue weighted by Crippen LogP contribution is 2.13. The normalized spacial score (nSPS) is 10.4. The van der Waals surface area contributed by atoms with E-state index in [1.54, 1.807) is 24.3 Å². The van der Waals surface area contributed by atoms with Gasteiger partial charge < -0.3 is 5.32 Å². The molecular weight excluding hydrogens is 305 g/mol. The number of rotatable bonds is 7. The van der Waals surface area contributed by atoms with Gasteiger partial charge in [0, 0.05) is 6.54 Å². The molecule has 5 heteroatoms. The van der Waals surface area contributed by atoms with E-state index in [1.165, 1.54) is 12.1 Å². The van der Waals surface area contributed by atoms with Gasteiger partial charge in [0.15, 0.2) is 0 Å². The minimum atomic E-state index is -0.444. The summed E-state index contributed by atoms with van der Waals surface area (Å²) >= 11 is 0. The molecule has 0 fully saturated rings. The van der Waals surface area contributed by atoms with Crippen LogP contribution in [-0.4, -0.2) is 23.9 Å². The highest BCUT2D eigenvalue weighted by atomic mass is 19.1. The standard InChI is InChI=1S/C19H20FN3O/c1-2-11-23(13-16-9-7-15(12-21)8-10-16)14-19(24)22-18-6-4-3-5-17(18)20/h3-10H,2,11,13-14H2,1H3,(H,22,24). The van der Waals surface area contributed by atoms with Crippen molar-refractivity contribution < 1.29 is 9.18 Å². The summed E-state index contributed by atoms with van der Waals surface area (Å²) in [5.41, 5.74) is 1.83. The summed E-state index contributed by atoms with van der Waals surface area (Å²) in [5.74, 6) is -0.692. The van der Waals surface area contributed by atoms with Crippen molar-refractivity contribution in [2.24, 2.45) is 0 Å². The molecule has 0 saturated carbocycles. The molecule has 124 valence electrons. The second-order valence-electron chi connectivity index (χ2n) is 5.55. The van der Waals surface area contributed by atoms with Crippen LogP contribution >= 0.6 is 0 Å².